The van der Waals surface area contributed by atoms with E-state index in [4.69, 9.17) is 4.74 Å². The molecule has 2 heterocycles. The van der Waals surface area contributed by atoms with Crippen LogP contribution >= 0.6 is 0 Å². The van der Waals surface area contributed by atoms with E-state index in [1.165, 1.54) is 5.56 Å². The molecule has 1 N–H and O–H groups in total. The Morgan fingerprint density at radius 2 is 2.10 bits per heavy atom. The maximum absolute atomic E-state index is 12.5. The standard InChI is InChI=1S/C24H33N3O2/c1-3-4-11-22-18-27(17-20-9-5-6-12-23(20)29-22)15-13-24(28)26-19(2)16-21-10-7-8-14-25-21/h5-10,12,14,19,22H,3-4,11,13,15-18H2,1-2H3,(H,26,28)/t19-,22-/m0/s1. The van der Waals surface area contributed by atoms with E-state index in [1.807, 2.05) is 31.2 Å². The first kappa shape index (κ1) is 21.3. The number of para-hydroxylation sites is 1. The quantitative estimate of drug-likeness (QED) is 0.698. The van der Waals surface area contributed by atoms with Crippen molar-refractivity contribution >= 4 is 5.91 Å². The third-order valence-electron chi connectivity index (χ3n) is 5.31. The Morgan fingerprint density at radius 3 is 2.90 bits per heavy atom. The molecular formula is C24H33N3O2. The highest BCUT2D eigenvalue weighted by Crippen LogP contribution is 2.26. The summed E-state index contributed by atoms with van der Waals surface area (Å²) in [6, 6.07) is 14.2. The van der Waals surface area contributed by atoms with Gasteiger partial charge in [0, 0.05) is 56.0 Å². The highest BCUT2D eigenvalue weighted by atomic mass is 16.5. The summed E-state index contributed by atoms with van der Waals surface area (Å²) in [5, 5.41) is 3.11. The molecule has 0 saturated carbocycles. The van der Waals surface area contributed by atoms with Gasteiger partial charge >= 0.3 is 0 Å². The van der Waals surface area contributed by atoms with Crippen molar-refractivity contribution in [3.05, 3.63) is 59.9 Å². The average molecular weight is 396 g/mol. The number of hydrogen-bond acceptors (Lipinski definition) is 4. The summed E-state index contributed by atoms with van der Waals surface area (Å²) in [5.74, 6) is 1.08. The molecule has 1 amide bonds. The van der Waals surface area contributed by atoms with Gasteiger partial charge in [-0.2, -0.15) is 0 Å². The maximum atomic E-state index is 12.5. The SMILES string of the molecule is CCCC[C@H]1CN(CCC(=O)N[C@@H](C)Cc2ccccn2)Cc2ccccc2O1. The molecule has 29 heavy (non-hydrogen) atoms. The van der Waals surface area contributed by atoms with Gasteiger partial charge in [-0.1, -0.05) is 37.6 Å². The second-order valence-electron chi connectivity index (χ2n) is 7.97. The Morgan fingerprint density at radius 1 is 1.28 bits per heavy atom. The second kappa shape index (κ2) is 11.0. The number of nitrogens with zero attached hydrogens (tertiary/aromatic N) is 2. The number of nitrogens with one attached hydrogen (secondary N) is 1. The van der Waals surface area contributed by atoms with E-state index in [0.29, 0.717) is 6.42 Å². The monoisotopic (exact) mass is 395 g/mol. The van der Waals surface area contributed by atoms with Crippen LogP contribution in [0, 0.1) is 0 Å². The van der Waals surface area contributed by atoms with Crippen LogP contribution in [-0.4, -0.2) is 41.0 Å². The van der Waals surface area contributed by atoms with Gasteiger partial charge < -0.3 is 10.1 Å². The van der Waals surface area contributed by atoms with Crippen LogP contribution in [0.1, 0.15) is 50.8 Å². The first-order chi connectivity index (χ1) is 14.1. The molecule has 5 nitrogen and oxygen atoms in total. The minimum Gasteiger partial charge on any atom is -0.489 e. The number of hydrogen-bond donors (Lipinski definition) is 1. The Bertz CT molecular complexity index is 766. The van der Waals surface area contributed by atoms with E-state index in [2.05, 4.69) is 40.3 Å². The van der Waals surface area contributed by atoms with Crippen LogP contribution < -0.4 is 10.1 Å². The van der Waals surface area contributed by atoms with Gasteiger partial charge in [0.15, 0.2) is 0 Å². The van der Waals surface area contributed by atoms with Crippen molar-refractivity contribution < 1.29 is 9.53 Å². The van der Waals surface area contributed by atoms with E-state index in [0.717, 1.165) is 56.8 Å². The summed E-state index contributed by atoms with van der Waals surface area (Å²) in [6.07, 6.45) is 6.59. The minimum absolute atomic E-state index is 0.0721. The predicted octanol–water partition coefficient (Wildman–Crippen LogP) is 3.97. The molecule has 5 heteroatoms. The van der Waals surface area contributed by atoms with Crippen molar-refractivity contribution in [3.8, 4) is 5.75 Å². The summed E-state index contributed by atoms with van der Waals surface area (Å²) < 4.78 is 6.28. The molecular weight excluding hydrogens is 362 g/mol. The number of carbonyl (C=O) groups is 1. The molecule has 0 saturated heterocycles. The lowest BCUT2D eigenvalue weighted by Crippen LogP contribution is -2.38. The first-order valence-corrected chi connectivity index (χ1v) is 10.8. The van der Waals surface area contributed by atoms with Crippen molar-refractivity contribution in [1.82, 2.24) is 15.2 Å². The van der Waals surface area contributed by atoms with Gasteiger partial charge in [0.2, 0.25) is 5.91 Å². The Kier molecular flexibility index (Phi) is 8.05. The summed E-state index contributed by atoms with van der Waals surface area (Å²) in [7, 11) is 0. The van der Waals surface area contributed by atoms with E-state index in [1.54, 1.807) is 6.20 Å². The van der Waals surface area contributed by atoms with E-state index in [9.17, 15) is 4.79 Å². The van der Waals surface area contributed by atoms with E-state index < -0.39 is 0 Å². The Balaban J connectivity index is 1.52. The van der Waals surface area contributed by atoms with E-state index >= 15 is 0 Å². The number of ether oxygens (including phenoxy) is 1. The number of rotatable bonds is 9. The normalized spacial score (nSPS) is 17.7. The average Bonchev–Trinajstić information content (AvgIpc) is 2.90. The van der Waals surface area contributed by atoms with Gasteiger partial charge in [0.25, 0.3) is 0 Å². The zero-order valence-corrected chi connectivity index (χ0v) is 17.6. The van der Waals surface area contributed by atoms with Crippen molar-refractivity contribution in [2.75, 3.05) is 13.1 Å². The number of carbonyl (C=O) groups excluding carboxylic acids is 1. The molecule has 3 rings (SSSR count). The van der Waals surface area contributed by atoms with Crippen LogP contribution in [0.4, 0.5) is 0 Å². The molecule has 0 fully saturated rings. The molecule has 0 unspecified atom stereocenters. The largest absolute Gasteiger partial charge is 0.489 e. The molecule has 2 atom stereocenters. The first-order valence-electron chi connectivity index (χ1n) is 10.8. The molecule has 0 radical (unpaired) electrons. The van der Waals surface area contributed by atoms with Gasteiger partial charge in [-0.15, -0.1) is 0 Å². The van der Waals surface area contributed by atoms with Crippen molar-refractivity contribution in [3.63, 3.8) is 0 Å². The molecule has 1 aromatic heterocycles. The topological polar surface area (TPSA) is 54.5 Å². The zero-order chi connectivity index (χ0) is 20.5. The molecule has 0 aliphatic carbocycles. The fraction of sp³-hybridized carbons (Fsp3) is 0.500. The van der Waals surface area contributed by atoms with Gasteiger partial charge in [0.1, 0.15) is 11.9 Å². The number of benzene rings is 1. The van der Waals surface area contributed by atoms with Crippen LogP contribution in [0.3, 0.4) is 0 Å². The van der Waals surface area contributed by atoms with Crippen LogP contribution in [-0.2, 0) is 17.8 Å². The number of aromatic nitrogens is 1. The van der Waals surface area contributed by atoms with Gasteiger partial charge in [0.05, 0.1) is 0 Å². The number of pyridine rings is 1. The van der Waals surface area contributed by atoms with Gasteiger partial charge in [-0.05, 0) is 38.0 Å². The summed E-state index contributed by atoms with van der Waals surface area (Å²) >= 11 is 0. The van der Waals surface area contributed by atoms with Crippen molar-refractivity contribution in [2.45, 2.75) is 64.6 Å². The number of fused-ring (bicyclic) bond motifs is 1. The number of amides is 1. The summed E-state index contributed by atoms with van der Waals surface area (Å²) in [6.45, 7) is 6.67. The van der Waals surface area contributed by atoms with Crippen LogP contribution in [0.15, 0.2) is 48.7 Å². The molecule has 1 aliphatic rings. The maximum Gasteiger partial charge on any atom is 0.221 e. The van der Waals surface area contributed by atoms with Crippen LogP contribution in [0.25, 0.3) is 0 Å². The van der Waals surface area contributed by atoms with Gasteiger partial charge in [-0.25, -0.2) is 0 Å². The van der Waals surface area contributed by atoms with Crippen LogP contribution in [0.2, 0.25) is 0 Å². The lowest BCUT2D eigenvalue weighted by atomic mass is 10.1. The fourth-order valence-electron chi connectivity index (χ4n) is 3.80. The third kappa shape index (κ3) is 6.86. The molecule has 156 valence electrons. The Labute approximate surface area is 174 Å². The van der Waals surface area contributed by atoms with E-state index in [-0.39, 0.29) is 18.1 Å². The third-order valence-corrected chi connectivity index (χ3v) is 5.31. The zero-order valence-electron chi connectivity index (χ0n) is 17.6. The predicted molar refractivity (Wildman–Crippen MR) is 116 cm³/mol. The number of unbranched alkanes of at least 4 members (excludes halogenated alkanes) is 1. The molecule has 0 spiro atoms. The second-order valence-corrected chi connectivity index (χ2v) is 7.97. The smallest absolute Gasteiger partial charge is 0.221 e. The van der Waals surface area contributed by atoms with Crippen molar-refractivity contribution in [1.29, 1.82) is 0 Å². The molecule has 2 aromatic rings. The Hall–Kier alpha value is -2.40. The van der Waals surface area contributed by atoms with Gasteiger partial charge in [-0.3, -0.25) is 14.7 Å². The fourth-order valence-corrected chi connectivity index (χ4v) is 3.80. The molecule has 1 aliphatic heterocycles. The minimum atomic E-state index is 0.0721. The van der Waals surface area contributed by atoms with Crippen LogP contribution in [0.5, 0.6) is 5.75 Å². The highest BCUT2D eigenvalue weighted by molar-refractivity contribution is 5.76. The molecule has 1 aromatic carbocycles. The van der Waals surface area contributed by atoms with Crippen molar-refractivity contribution in [2.24, 2.45) is 0 Å². The summed E-state index contributed by atoms with van der Waals surface area (Å²) in [5.41, 5.74) is 2.20. The lowest BCUT2D eigenvalue weighted by Gasteiger charge is -2.24. The molecule has 0 bridgehead atoms. The lowest BCUT2D eigenvalue weighted by molar-refractivity contribution is -0.122. The summed E-state index contributed by atoms with van der Waals surface area (Å²) in [4.78, 5) is 19.2. The highest BCUT2D eigenvalue weighted by Gasteiger charge is 2.23.